The molecule has 3 aromatic rings. The van der Waals surface area contributed by atoms with Crippen LogP contribution in [0.1, 0.15) is 22.5 Å². The zero-order valence-corrected chi connectivity index (χ0v) is 17.8. The van der Waals surface area contributed by atoms with Gasteiger partial charge >= 0.3 is 0 Å². The Morgan fingerprint density at radius 3 is 2.53 bits per heavy atom. The summed E-state index contributed by atoms with van der Waals surface area (Å²) in [6, 6.07) is 21.3. The van der Waals surface area contributed by atoms with E-state index in [0.29, 0.717) is 30.0 Å². The van der Waals surface area contributed by atoms with Crippen LogP contribution in [0.3, 0.4) is 0 Å². The van der Waals surface area contributed by atoms with Gasteiger partial charge in [0.2, 0.25) is 5.91 Å². The lowest BCUT2D eigenvalue weighted by Gasteiger charge is -2.24. The molecule has 0 spiro atoms. The summed E-state index contributed by atoms with van der Waals surface area (Å²) in [5.74, 6) is 0.673. The fraction of sp³-hybridized carbons (Fsp3) is 0.240. The maximum absolute atomic E-state index is 13.4. The first-order valence-electron chi connectivity index (χ1n) is 10.5. The molecule has 1 fully saturated rings. The molecular weight excluding hydrogens is 406 g/mol. The molecule has 7 heteroatoms. The summed E-state index contributed by atoms with van der Waals surface area (Å²) in [6.07, 6.45) is 1.77. The van der Waals surface area contributed by atoms with Gasteiger partial charge in [-0.25, -0.2) is 0 Å². The summed E-state index contributed by atoms with van der Waals surface area (Å²) in [7, 11) is 1.52. The molecule has 7 nitrogen and oxygen atoms in total. The minimum atomic E-state index is -0.662. The highest BCUT2D eigenvalue weighted by molar-refractivity contribution is 6.00. The topological polar surface area (TPSA) is 80.8 Å². The van der Waals surface area contributed by atoms with E-state index in [0.717, 1.165) is 5.69 Å². The molecule has 4 rings (SSSR count). The molecule has 2 atom stereocenters. The third kappa shape index (κ3) is 4.88. The van der Waals surface area contributed by atoms with E-state index in [-0.39, 0.29) is 24.5 Å². The van der Waals surface area contributed by atoms with Crippen molar-refractivity contribution >= 4 is 11.8 Å². The van der Waals surface area contributed by atoms with Crippen molar-refractivity contribution in [2.75, 3.05) is 13.7 Å². The van der Waals surface area contributed by atoms with Crippen LogP contribution in [0.15, 0.2) is 79.0 Å². The van der Waals surface area contributed by atoms with E-state index in [2.05, 4.69) is 10.3 Å². The van der Waals surface area contributed by atoms with Crippen LogP contribution in [-0.2, 0) is 11.3 Å². The van der Waals surface area contributed by atoms with Crippen LogP contribution in [0.2, 0.25) is 0 Å². The van der Waals surface area contributed by atoms with Crippen LogP contribution in [0.25, 0.3) is 0 Å². The van der Waals surface area contributed by atoms with Crippen LogP contribution in [-0.4, -0.2) is 47.5 Å². The molecule has 2 aromatic carbocycles. The highest BCUT2D eigenvalue weighted by Crippen LogP contribution is 2.28. The molecule has 0 aliphatic carbocycles. The van der Waals surface area contributed by atoms with Crippen LogP contribution in [0.4, 0.5) is 0 Å². The van der Waals surface area contributed by atoms with Crippen molar-refractivity contribution in [1.82, 2.24) is 15.2 Å². The smallest absolute Gasteiger partial charge is 0.258 e. The van der Waals surface area contributed by atoms with Crippen LogP contribution >= 0.6 is 0 Å². The molecule has 164 valence electrons. The lowest BCUT2D eigenvalue weighted by atomic mass is 10.1. The van der Waals surface area contributed by atoms with Gasteiger partial charge in [0.25, 0.3) is 5.91 Å². The molecule has 2 heterocycles. The Balaban J connectivity index is 1.54. The van der Waals surface area contributed by atoms with E-state index < -0.39 is 6.04 Å². The number of amides is 2. The zero-order chi connectivity index (χ0) is 22.3. The number of likely N-dealkylation sites (tertiary alicyclic amines) is 1. The number of methoxy groups -OCH3 is 1. The molecule has 1 aliphatic rings. The Morgan fingerprint density at radius 2 is 1.78 bits per heavy atom. The van der Waals surface area contributed by atoms with Crippen molar-refractivity contribution in [3.05, 3.63) is 90.3 Å². The Labute approximate surface area is 187 Å². The molecule has 2 amide bonds. The van der Waals surface area contributed by atoms with E-state index in [1.54, 1.807) is 35.4 Å². The predicted octanol–water partition coefficient (Wildman–Crippen LogP) is 3.07. The summed E-state index contributed by atoms with van der Waals surface area (Å²) in [5, 5.41) is 2.91. The Bertz CT molecular complexity index is 1060. The molecular formula is C25H25N3O4. The standard InChI is InChI=1S/C25H25N3O4/c1-31-23-13-6-5-12-21(23)25(30)28-17-20(32-19-10-3-2-4-11-19)15-22(28)24(29)27-16-18-9-7-8-14-26-18/h2-14,20,22H,15-17H2,1H3,(H,27,29). The minimum absolute atomic E-state index is 0.238. The van der Waals surface area contributed by atoms with Gasteiger partial charge in [0.15, 0.2) is 0 Å². The largest absolute Gasteiger partial charge is 0.496 e. The maximum Gasteiger partial charge on any atom is 0.258 e. The predicted molar refractivity (Wildman–Crippen MR) is 119 cm³/mol. The third-order valence-corrected chi connectivity index (χ3v) is 5.38. The van der Waals surface area contributed by atoms with Crippen LogP contribution in [0, 0.1) is 0 Å². The summed E-state index contributed by atoms with van der Waals surface area (Å²) < 4.78 is 11.4. The van der Waals surface area contributed by atoms with E-state index in [4.69, 9.17) is 9.47 Å². The number of hydrogen-bond donors (Lipinski definition) is 1. The normalized spacial score (nSPS) is 17.6. The monoisotopic (exact) mass is 431 g/mol. The van der Waals surface area contributed by atoms with Gasteiger partial charge in [-0.2, -0.15) is 0 Å². The van der Waals surface area contributed by atoms with Crippen molar-refractivity contribution in [1.29, 1.82) is 0 Å². The molecule has 1 N–H and O–H groups in total. The number of nitrogens with zero attached hydrogens (tertiary/aromatic N) is 2. The fourth-order valence-electron chi connectivity index (χ4n) is 3.82. The number of hydrogen-bond acceptors (Lipinski definition) is 5. The molecule has 1 saturated heterocycles. The van der Waals surface area contributed by atoms with Gasteiger partial charge in [0, 0.05) is 12.6 Å². The molecule has 1 aromatic heterocycles. The SMILES string of the molecule is COc1ccccc1C(=O)N1CC(Oc2ccccc2)CC1C(=O)NCc1ccccn1. The van der Waals surface area contributed by atoms with E-state index in [9.17, 15) is 9.59 Å². The lowest BCUT2D eigenvalue weighted by Crippen LogP contribution is -2.45. The van der Waals surface area contributed by atoms with Gasteiger partial charge in [-0.1, -0.05) is 36.4 Å². The zero-order valence-electron chi connectivity index (χ0n) is 17.8. The van der Waals surface area contributed by atoms with Crippen molar-refractivity contribution in [3.8, 4) is 11.5 Å². The second kappa shape index (κ2) is 9.96. The number of ether oxygens (including phenoxy) is 2. The number of nitrogens with one attached hydrogen (secondary N) is 1. The van der Waals surface area contributed by atoms with Gasteiger partial charge in [-0.3, -0.25) is 14.6 Å². The second-order valence-electron chi connectivity index (χ2n) is 7.50. The average Bonchev–Trinajstić information content (AvgIpc) is 3.27. The van der Waals surface area contributed by atoms with Gasteiger partial charge in [0.05, 0.1) is 31.5 Å². The molecule has 0 radical (unpaired) electrons. The first kappa shape index (κ1) is 21.4. The molecule has 32 heavy (non-hydrogen) atoms. The number of carbonyl (C=O) groups is 2. The van der Waals surface area contributed by atoms with Gasteiger partial charge in [-0.15, -0.1) is 0 Å². The minimum Gasteiger partial charge on any atom is -0.496 e. The van der Waals surface area contributed by atoms with E-state index in [1.807, 2.05) is 48.5 Å². The first-order chi connectivity index (χ1) is 15.7. The van der Waals surface area contributed by atoms with E-state index >= 15 is 0 Å². The quantitative estimate of drug-likeness (QED) is 0.622. The number of rotatable bonds is 7. The fourth-order valence-corrected chi connectivity index (χ4v) is 3.82. The lowest BCUT2D eigenvalue weighted by molar-refractivity contribution is -0.125. The molecule has 0 bridgehead atoms. The molecule has 2 unspecified atom stereocenters. The summed E-state index contributed by atoms with van der Waals surface area (Å²) in [6.45, 7) is 0.588. The Kier molecular flexibility index (Phi) is 6.65. The molecule has 1 aliphatic heterocycles. The van der Waals surface area contributed by atoms with Gasteiger partial charge in [0.1, 0.15) is 23.6 Å². The Morgan fingerprint density at radius 1 is 1.03 bits per heavy atom. The van der Waals surface area contributed by atoms with Crippen molar-refractivity contribution in [2.24, 2.45) is 0 Å². The van der Waals surface area contributed by atoms with Crippen LogP contribution in [0.5, 0.6) is 11.5 Å². The van der Waals surface area contributed by atoms with Crippen molar-refractivity contribution in [3.63, 3.8) is 0 Å². The second-order valence-corrected chi connectivity index (χ2v) is 7.50. The average molecular weight is 431 g/mol. The highest BCUT2D eigenvalue weighted by Gasteiger charge is 2.41. The Hall–Kier alpha value is -3.87. The van der Waals surface area contributed by atoms with Gasteiger partial charge < -0.3 is 19.7 Å². The maximum atomic E-state index is 13.4. The first-order valence-corrected chi connectivity index (χ1v) is 10.5. The third-order valence-electron chi connectivity index (χ3n) is 5.38. The summed E-state index contributed by atoms with van der Waals surface area (Å²) >= 11 is 0. The number of para-hydroxylation sites is 2. The highest BCUT2D eigenvalue weighted by atomic mass is 16.5. The summed E-state index contributed by atoms with van der Waals surface area (Å²) in [4.78, 5) is 32.3. The number of benzene rings is 2. The number of carbonyl (C=O) groups excluding carboxylic acids is 2. The van der Waals surface area contributed by atoms with Crippen molar-refractivity contribution in [2.45, 2.75) is 25.1 Å². The van der Waals surface area contributed by atoms with Gasteiger partial charge in [-0.05, 0) is 36.4 Å². The van der Waals surface area contributed by atoms with E-state index in [1.165, 1.54) is 7.11 Å². The molecule has 0 saturated carbocycles. The van der Waals surface area contributed by atoms with Crippen molar-refractivity contribution < 1.29 is 19.1 Å². The summed E-state index contributed by atoms with van der Waals surface area (Å²) in [5.41, 5.74) is 1.16. The van der Waals surface area contributed by atoms with Crippen LogP contribution < -0.4 is 14.8 Å². The number of aromatic nitrogens is 1. The number of pyridine rings is 1.